The molecule has 3 aromatic carbocycles. The molecule has 3 aromatic rings. The highest BCUT2D eigenvalue weighted by Gasteiger charge is 2.35. The highest BCUT2D eigenvalue weighted by atomic mass is 16.5. The van der Waals surface area contributed by atoms with Gasteiger partial charge >= 0.3 is 0 Å². The van der Waals surface area contributed by atoms with Gasteiger partial charge in [-0.1, -0.05) is 49.1 Å². The Morgan fingerprint density at radius 3 is 2.84 bits per heavy atom. The molecule has 31 heavy (non-hydrogen) atoms. The summed E-state index contributed by atoms with van der Waals surface area (Å²) in [5, 5.41) is 15.0. The number of aromatic hydroxyl groups is 1. The summed E-state index contributed by atoms with van der Waals surface area (Å²) in [6, 6.07) is 17.3. The van der Waals surface area contributed by atoms with Crippen molar-refractivity contribution in [1.82, 2.24) is 4.90 Å². The molecule has 1 atom stereocenters. The van der Waals surface area contributed by atoms with Crippen LogP contribution < -0.4 is 10.1 Å². The molecule has 0 aromatic heterocycles. The van der Waals surface area contributed by atoms with Crippen LogP contribution in [0.15, 0.2) is 73.3 Å². The predicted molar refractivity (Wildman–Crippen MR) is 120 cm³/mol. The summed E-state index contributed by atoms with van der Waals surface area (Å²) in [7, 11) is 0. The van der Waals surface area contributed by atoms with E-state index in [0.29, 0.717) is 36.4 Å². The van der Waals surface area contributed by atoms with Gasteiger partial charge in [0.25, 0.3) is 5.91 Å². The first-order valence-electron chi connectivity index (χ1n) is 10.2. The van der Waals surface area contributed by atoms with E-state index in [-0.39, 0.29) is 23.1 Å². The molecule has 0 saturated carbocycles. The van der Waals surface area contributed by atoms with Crippen molar-refractivity contribution in [3.05, 3.63) is 78.9 Å². The molecule has 6 heteroatoms. The summed E-state index contributed by atoms with van der Waals surface area (Å²) in [5.74, 6) is -0.0321. The second kappa shape index (κ2) is 8.92. The number of phenols is 1. The van der Waals surface area contributed by atoms with Gasteiger partial charge in [-0.25, -0.2) is 0 Å². The average Bonchev–Trinajstić information content (AvgIpc) is 3.28. The van der Waals surface area contributed by atoms with E-state index < -0.39 is 6.04 Å². The van der Waals surface area contributed by atoms with Crippen LogP contribution in [0.4, 0.5) is 5.69 Å². The molecular weight excluding hydrogens is 392 g/mol. The first kappa shape index (κ1) is 20.5. The van der Waals surface area contributed by atoms with Crippen LogP contribution in [-0.2, 0) is 4.79 Å². The second-order valence-electron chi connectivity index (χ2n) is 7.46. The SMILES string of the molecule is C=CCOc1cccc(NC(=O)C2CCCN2C(=O)c2ccc3ccccc3c2O)c1. The molecule has 0 aliphatic carbocycles. The summed E-state index contributed by atoms with van der Waals surface area (Å²) < 4.78 is 5.51. The van der Waals surface area contributed by atoms with Crippen molar-refractivity contribution in [2.45, 2.75) is 18.9 Å². The topological polar surface area (TPSA) is 78.9 Å². The van der Waals surface area contributed by atoms with Gasteiger partial charge < -0.3 is 20.1 Å². The van der Waals surface area contributed by atoms with Gasteiger partial charge in [-0.05, 0) is 36.4 Å². The van der Waals surface area contributed by atoms with Crippen LogP contribution in [0.3, 0.4) is 0 Å². The number of anilines is 1. The van der Waals surface area contributed by atoms with Crippen LogP contribution in [0.1, 0.15) is 23.2 Å². The average molecular weight is 416 g/mol. The highest BCUT2D eigenvalue weighted by Crippen LogP contribution is 2.31. The fourth-order valence-corrected chi connectivity index (χ4v) is 3.91. The molecule has 1 unspecified atom stereocenters. The number of nitrogens with zero attached hydrogens (tertiary/aromatic N) is 1. The number of amides is 2. The largest absolute Gasteiger partial charge is 0.506 e. The number of ether oxygens (including phenoxy) is 1. The Labute approximate surface area is 180 Å². The van der Waals surface area contributed by atoms with Crippen LogP contribution in [0.25, 0.3) is 10.8 Å². The molecule has 0 spiro atoms. The van der Waals surface area contributed by atoms with Crippen LogP contribution >= 0.6 is 0 Å². The number of benzene rings is 3. The molecule has 1 fully saturated rings. The Morgan fingerprint density at radius 1 is 1.16 bits per heavy atom. The molecule has 1 aliphatic heterocycles. The third-order valence-corrected chi connectivity index (χ3v) is 5.42. The van der Waals surface area contributed by atoms with Gasteiger partial charge in [0.2, 0.25) is 5.91 Å². The van der Waals surface area contributed by atoms with Crippen molar-refractivity contribution >= 4 is 28.3 Å². The van der Waals surface area contributed by atoms with E-state index in [4.69, 9.17) is 4.74 Å². The maximum Gasteiger partial charge on any atom is 0.258 e. The Bertz CT molecular complexity index is 1140. The monoisotopic (exact) mass is 416 g/mol. The third kappa shape index (κ3) is 4.23. The summed E-state index contributed by atoms with van der Waals surface area (Å²) in [4.78, 5) is 27.7. The van der Waals surface area contributed by atoms with Crippen molar-refractivity contribution in [2.24, 2.45) is 0 Å². The lowest BCUT2D eigenvalue weighted by atomic mass is 10.0. The zero-order valence-corrected chi connectivity index (χ0v) is 17.1. The number of fused-ring (bicyclic) bond motifs is 1. The number of likely N-dealkylation sites (tertiary alicyclic amines) is 1. The van der Waals surface area contributed by atoms with Crippen LogP contribution in [0.5, 0.6) is 11.5 Å². The minimum atomic E-state index is -0.601. The normalized spacial score (nSPS) is 15.6. The number of rotatable bonds is 6. The summed E-state index contributed by atoms with van der Waals surface area (Å²) >= 11 is 0. The Balaban J connectivity index is 1.52. The molecule has 158 valence electrons. The number of carbonyl (C=O) groups is 2. The molecule has 1 aliphatic rings. The minimum absolute atomic E-state index is 0.0544. The number of hydrogen-bond acceptors (Lipinski definition) is 4. The van der Waals surface area contributed by atoms with E-state index in [1.165, 1.54) is 4.90 Å². The number of hydrogen-bond donors (Lipinski definition) is 2. The number of nitrogens with one attached hydrogen (secondary N) is 1. The molecule has 6 nitrogen and oxygen atoms in total. The van der Waals surface area contributed by atoms with Gasteiger partial charge in [-0.2, -0.15) is 0 Å². The molecular formula is C25H24N2O4. The molecule has 2 N–H and O–H groups in total. The summed E-state index contributed by atoms with van der Waals surface area (Å²) in [6.07, 6.45) is 2.94. The lowest BCUT2D eigenvalue weighted by Crippen LogP contribution is -2.43. The minimum Gasteiger partial charge on any atom is -0.506 e. The Kier molecular flexibility index (Phi) is 5.89. The zero-order valence-electron chi connectivity index (χ0n) is 17.1. The van der Waals surface area contributed by atoms with Gasteiger partial charge in [-0.3, -0.25) is 9.59 Å². The standard InChI is InChI=1S/C25H24N2O4/c1-2-15-31-19-9-5-8-18(16-19)26-24(29)22-11-6-14-27(22)25(30)21-13-12-17-7-3-4-10-20(17)23(21)28/h2-5,7-10,12-13,16,22,28H,1,6,11,14-15H2,(H,26,29). The summed E-state index contributed by atoms with van der Waals surface area (Å²) in [5.41, 5.74) is 0.803. The zero-order chi connectivity index (χ0) is 21.8. The van der Waals surface area contributed by atoms with E-state index in [1.54, 1.807) is 42.5 Å². The lowest BCUT2D eigenvalue weighted by molar-refractivity contribution is -0.119. The Hall–Kier alpha value is -3.80. The fraction of sp³-hybridized carbons (Fsp3) is 0.200. The van der Waals surface area contributed by atoms with E-state index in [2.05, 4.69) is 11.9 Å². The van der Waals surface area contributed by atoms with Gasteiger partial charge in [0.15, 0.2) is 0 Å². The van der Waals surface area contributed by atoms with Gasteiger partial charge in [-0.15, -0.1) is 0 Å². The summed E-state index contributed by atoms with van der Waals surface area (Å²) in [6.45, 7) is 4.46. The fourth-order valence-electron chi connectivity index (χ4n) is 3.91. The van der Waals surface area contributed by atoms with E-state index in [0.717, 1.165) is 11.8 Å². The van der Waals surface area contributed by atoms with Crippen molar-refractivity contribution in [3.63, 3.8) is 0 Å². The van der Waals surface area contributed by atoms with Crippen molar-refractivity contribution < 1.29 is 19.4 Å². The molecule has 2 amide bonds. The van der Waals surface area contributed by atoms with E-state index in [1.807, 2.05) is 24.3 Å². The highest BCUT2D eigenvalue weighted by molar-refractivity contribution is 6.06. The van der Waals surface area contributed by atoms with E-state index in [9.17, 15) is 14.7 Å². The van der Waals surface area contributed by atoms with Crippen LogP contribution in [0.2, 0.25) is 0 Å². The van der Waals surface area contributed by atoms with Crippen molar-refractivity contribution in [3.8, 4) is 11.5 Å². The number of carbonyl (C=O) groups excluding carboxylic acids is 2. The molecule has 4 rings (SSSR count). The molecule has 0 bridgehead atoms. The Morgan fingerprint density at radius 2 is 2.00 bits per heavy atom. The number of phenolic OH excluding ortho intramolecular Hbond substituents is 1. The van der Waals surface area contributed by atoms with Crippen LogP contribution in [0, 0.1) is 0 Å². The quantitative estimate of drug-likeness (QED) is 0.586. The third-order valence-electron chi connectivity index (χ3n) is 5.42. The van der Waals surface area contributed by atoms with Crippen molar-refractivity contribution in [2.75, 3.05) is 18.5 Å². The van der Waals surface area contributed by atoms with E-state index >= 15 is 0 Å². The maximum atomic E-state index is 13.2. The van der Waals surface area contributed by atoms with Gasteiger partial charge in [0.05, 0.1) is 5.56 Å². The van der Waals surface area contributed by atoms with Gasteiger partial charge in [0, 0.05) is 23.7 Å². The predicted octanol–water partition coefficient (Wildman–Crippen LogP) is 4.35. The first-order chi connectivity index (χ1) is 15.1. The maximum absolute atomic E-state index is 13.2. The smallest absolute Gasteiger partial charge is 0.258 e. The lowest BCUT2D eigenvalue weighted by Gasteiger charge is -2.24. The molecule has 1 heterocycles. The molecule has 0 radical (unpaired) electrons. The first-order valence-corrected chi connectivity index (χ1v) is 10.2. The van der Waals surface area contributed by atoms with Gasteiger partial charge in [0.1, 0.15) is 24.1 Å². The second-order valence-corrected chi connectivity index (χ2v) is 7.46. The van der Waals surface area contributed by atoms with Crippen LogP contribution in [-0.4, -0.2) is 41.0 Å². The van der Waals surface area contributed by atoms with Crippen molar-refractivity contribution in [1.29, 1.82) is 0 Å². The molecule has 1 saturated heterocycles.